The normalized spacial score (nSPS) is 10.2. The first-order valence-corrected chi connectivity index (χ1v) is 6.90. The number of carboxylic acid groups (broad SMARTS) is 1. The van der Waals surface area contributed by atoms with E-state index in [9.17, 15) is 9.90 Å². The molecule has 2 aromatic carbocycles. The molecule has 0 aliphatic heterocycles. The summed E-state index contributed by atoms with van der Waals surface area (Å²) in [4.78, 5) is 11.5. The molecule has 0 aliphatic rings. The predicted molar refractivity (Wildman–Crippen MR) is 81.2 cm³/mol. The Morgan fingerprint density at radius 1 is 0.952 bits per heavy atom. The van der Waals surface area contributed by atoms with Crippen LogP contribution >= 0.6 is 0 Å². The molecule has 21 heavy (non-hydrogen) atoms. The summed E-state index contributed by atoms with van der Waals surface area (Å²) in [6.07, 6.45) is 0. The van der Waals surface area contributed by atoms with E-state index in [1.165, 1.54) is 0 Å². The maximum absolute atomic E-state index is 11.5. The Kier molecular flexibility index (Phi) is 4.82. The van der Waals surface area contributed by atoms with Crippen molar-refractivity contribution in [2.75, 3.05) is 13.2 Å². The van der Waals surface area contributed by atoms with Crippen LogP contribution < -0.4 is 9.47 Å². The van der Waals surface area contributed by atoms with Gasteiger partial charge in [0.25, 0.3) is 0 Å². The first kappa shape index (κ1) is 14.9. The van der Waals surface area contributed by atoms with Crippen LogP contribution in [0.15, 0.2) is 42.5 Å². The van der Waals surface area contributed by atoms with Crippen molar-refractivity contribution in [3.63, 3.8) is 0 Å². The number of benzene rings is 2. The van der Waals surface area contributed by atoms with Gasteiger partial charge in [-0.3, -0.25) is 0 Å². The largest absolute Gasteiger partial charge is 0.493 e. The minimum atomic E-state index is -0.973. The van der Waals surface area contributed by atoms with E-state index in [4.69, 9.17) is 9.47 Å². The van der Waals surface area contributed by atoms with E-state index in [1.54, 1.807) is 24.3 Å². The van der Waals surface area contributed by atoms with E-state index < -0.39 is 5.97 Å². The van der Waals surface area contributed by atoms with Crippen LogP contribution in [0.2, 0.25) is 0 Å². The Hall–Kier alpha value is -2.49. The smallest absolute Gasteiger partial charge is 0.336 e. The molecule has 0 atom stereocenters. The maximum Gasteiger partial charge on any atom is 0.336 e. The fourth-order valence-electron chi connectivity index (χ4n) is 2.22. The Morgan fingerprint density at radius 3 is 2.05 bits per heavy atom. The molecule has 0 bridgehead atoms. The third-order valence-electron chi connectivity index (χ3n) is 3.01. The summed E-state index contributed by atoms with van der Waals surface area (Å²) < 4.78 is 11.3. The lowest BCUT2D eigenvalue weighted by atomic mass is 9.98. The van der Waals surface area contributed by atoms with Crippen LogP contribution in [0, 0.1) is 0 Å². The van der Waals surface area contributed by atoms with Gasteiger partial charge in [0.05, 0.1) is 24.3 Å². The van der Waals surface area contributed by atoms with E-state index in [2.05, 4.69) is 0 Å². The van der Waals surface area contributed by atoms with Gasteiger partial charge in [-0.2, -0.15) is 0 Å². The number of hydrogen-bond donors (Lipinski definition) is 1. The zero-order chi connectivity index (χ0) is 15.2. The summed E-state index contributed by atoms with van der Waals surface area (Å²) in [5.41, 5.74) is 1.50. The van der Waals surface area contributed by atoms with Crippen LogP contribution in [0.4, 0.5) is 0 Å². The number of ether oxygens (including phenoxy) is 2. The molecule has 0 unspecified atom stereocenters. The first-order chi connectivity index (χ1) is 10.2. The van der Waals surface area contributed by atoms with Crippen molar-refractivity contribution in [3.8, 4) is 22.6 Å². The summed E-state index contributed by atoms with van der Waals surface area (Å²) >= 11 is 0. The SMILES string of the molecule is CCOc1cccc(OCC)c1-c1ccccc1C(=O)O. The molecule has 0 saturated carbocycles. The molecule has 2 aromatic rings. The highest BCUT2D eigenvalue weighted by atomic mass is 16.5. The van der Waals surface area contributed by atoms with E-state index >= 15 is 0 Å². The Bertz CT molecular complexity index is 610. The van der Waals surface area contributed by atoms with E-state index in [0.29, 0.717) is 35.8 Å². The molecule has 0 aromatic heterocycles. The molecule has 2 rings (SSSR count). The zero-order valence-electron chi connectivity index (χ0n) is 12.1. The van der Waals surface area contributed by atoms with Gasteiger partial charge in [-0.25, -0.2) is 4.79 Å². The van der Waals surface area contributed by atoms with Crippen molar-refractivity contribution in [2.24, 2.45) is 0 Å². The Balaban J connectivity index is 2.68. The van der Waals surface area contributed by atoms with Crippen molar-refractivity contribution in [1.82, 2.24) is 0 Å². The van der Waals surface area contributed by atoms with Gasteiger partial charge in [0, 0.05) is 5.56 Å². The molecule has 4 nitrogen and oxygen atoms in total. The van der Waals surface area contributed by atoms with Crippen molar-refractivity contribution >= 4 is 5.97 Å². The number of carboxylic acids is 1. The third-order valence-corrected chi connectivity index (χ3v) is 3.01. The molecule has 0 heterocycles. The van der Waals surface area contributed by atoms with Crippen molar-refractivity contribution in [1.29, 1.82) is 0 Å². The molecule has 0 fully saturated rings. The van der Waals surface area contributed by atoms with Crippen molar-refractivity contribution in [3.05, 3.63) is 48.0 Å². The van der Waals surface area contributed by atoms with Crippen LogP contribution in [0.5, 0.6) is 11.5 Å². The number of carbonyl (C=O) groups is 1. The lowest BCUT2D eigenvalue weighted by Gasteiger charge is -2.16. The lowest BCUT2D eigenvalue weighted by molar-refractivity contribution is 0.0697. The second-order valence-electron chi connectivity index (χ2n) is 4.35. The highest BCUT2D eigenvalue weighted by Crippen LogP contribution is 2.40. The van der Waals surface area contributed by atoms with Gasteiger partial charge >= 0.3 is 5.97 Å². The third kappa shape index (κ3) is 3.16. The lowest BCUT2D eigenvalue weighted by Crippen LogP contribution is -2.03. The van der Waals surface area contributed by atoms with Gasteiger partial charge in [-0.15, -0.1) is 0 Å². The highest BCUT2D eigenvalue weighted by Gasteiger charge is 2.18. The molecular formula is C17H18O4. The molecule has 0 spiro atoms. The van der Waals surface area contributed by atoms with E-state index in [0.717, 1.165) is 0 Å². The average molecular weight is 286 g/mol. The number of hydrogen-bond acceptors (Lipinski definition) is 3. The minimum absolute atomic E-state index is 0.227. The molecule has 1 N–H and O–H groups in total. The summed E-state index contributed by atoms with van der Waals surface area (Å²) in [5, 5.41) is 9.39. The van der Waals surface area contributed by atoms with E-state index in [1.807, 2.05) is 32.0 Å². The molecule has 110 valence electrons. The van der Waals surface area contributed by atoms with Crippen molar-refractivity contribution < 1.29 is 19.4 Å². The highest BCUT2D eigenvalue weighted by molar-refractivity contribution is 5.98. The fraction of sp³-hybridized carbons (Fsp3) is 0.235. The van der Waals surface area contributed by atoms with Crippen molar-refractivity contribution in [2.45, 2.75) is 13.8 Å². The zero-order valence-corrected chi connectivity index (χ0v) is 12.1. The molecule has 0 saturated heterocycles. The maximum atomic E-state index is 11.5. The molecule has 0 radical (unpaired) electrons. The summed E-state index contributed by atoms with van der Waals surface area (Å²) in [7, 11) is 0. The van der Waals surface area contributed by atoms with Crippen LogP contribution in [0.25, 0.3) is 11.1 Å². The minimum Gasteiger partial charge on any atom is -0.493 e. The van der Waals surface area contributed by atoms with Crippen LogP contribution in [0.1, 0.15) is 24.2 Å². The number of aromatic carboxylic acids is 1. The predicted octanol–water partition coefficient (Wildman–Crippen LogP) is 3.85. The standard InChI is InChI=1S/C17H18O4/c1-3-20-14-10-7-11-15(21-4-2)16(14)12-8-5-6-9-13(12)17(18)19/h5-11H,3-4H2,1-2H3,(H,18,19). The van der Waals surface area contributed by atoms with Gasteiger partial charge in [0.15, 0.2) is 0 Å². The summed E-state index contributed by atoms with van der Waals surface area (Å²) in [6.45, 7) is 4.77. The molecule has 0 amide bonds. The second-order valence-corrected chi connectivity index (χ2v) is 4.35. The molecular weight excluding hydrogens is 268 g/mol. The molecule has 4 heteroatoms. The van der Waals surface area contributed by atoms with Crippen LogP contribution in [0.3, 0.4) is 0 Å². The quantitative estimate of drug-likeness (QED) is 0.876. The Morgan fingerprint density at radius 2 is 1.52 bits per heavy atom. The first-order valence-electron chi connectivity index (χ1n) is 6.90. The fourth-order valence-corrected chi connectivity index (χ4v) is 2.22. The van der Waals surface area contributed by atoms with Crippen LogP contribution in [-0.2, 0) is 0 Å². The monoisotopic (exact) mass is 286 g/mol. The summed E-state index contributed by atoms with van der Waals surface area (Å²) in [6, 6.07) is 12.3. The summed E-state index contributed by atoms with van der Waals surface area (Å²) in [5.74, 6) is 0.272. The topological polar surface area (TPSA) is 55.8 Å². The van der Waals surface area contributed by atoms with Gasteiger partial charge < -0.3 is 14.6 Å². The van der Waals surface area contributed by atoms with Gasteiger partial charge in [-0.05, 0) is 32.0 Å². The number of rotatable bonds is 6. The van der Waals surface area contributed by atoms with Gasteiger partial charge in [0.1, 0.15) is 11.5 Å². The average Bonchev–Trinajstić information content (AvgIpc) is 2.48. The van der Waals surface area contributed by atoms with Crippen LogP contribution in [-0.4, -0.2) is 24.3 Å². The Labute approximate surface area is 123 Å². The van der Waals surface area contributed by atoms with Gasteiger partial charge in [0.2, 0.25) is 0 Å². The molecule has 0 aliphatic carbocycles. The van der Waals surface area contributed by atoms with Gasteiger partial charge in [-0.1, -0.05) is 24.3 Å². The van der Waals surface area contributed by atoms with E-state index in [-0.39, 0.29) is 5.56 Å². The second kappa shape index (κ2) is 6.79.